The van der Waals surface area contributed by atoms with Gasteiger partial charge < -0.3 is 4.74 Å². The molecule has 0 spiro atoms. The van der Waals surface area contributed by atoms with Gasteiger partial charge in [0.15, 0.2) is 0 Å². The number of anilines is 1. The molecule has 0 saturated heterocycles. The number of pyridine rings is 1. The molecule has 1 heterocycles. The van der Waals surface area contributed by atoms with Crippen molar-refractivity contribution in [2.75, 3.05) is 5.32 Å². The molecule has 0 radical (unpaired) electrons. The molecule has 0 aliphatic rings. The van der Waals surface area contributed by atoms with Crippen molar-refractivity contribution in [3.8, 4) is 0 Å². The summed E-state index contributed by atoms with van der Waals surface area (Å²) in [6.07, 6.45) is 0.419. The highest BCUT2D eigenvalue weighted by molar-refractivity contribution is 5.84. The van der Waals surface area contributed by atoms with E-state index in [0.717, 1.165) is 12.1 Å². The Morgan fingerprint density at radius 2 is 1.95 bits per heavy atom. The molecule has 1 rings (SSSR count). The number of hydrogen-bond donors (Lipinski definition) is 1. The summed E-state index contributed by atoms with van der Waals surface area (Å²) in [5.74, 6) is 0.504. The van der Waals surface area contributed by atoms with Gasteiger partial charge in [-0.1, -0.05) is 18.6 Å². The Morgan fingerprint density at radius 1 is 1.30 bits per heavy atom. The van der Waals surface area contributed by atoms with Gasteiger partial charge in [-0.3, -0.25) is 5.32 Å². The van der Waals surface area contributed by atoms with Gasteiger partial charge in [0.25, 0.3) is 0 Å². The number of ether oxygens (including phenoxy) is 1. The van der Waals surface area contributed by atoms with Crippen molar-refractivity contribution in [2.45, 2.75) is 53.6 Å². The molecular weight excluding hydrogens is 252 g/mol. The lowest BCUT2D eigenvalue weighted by atomic mass is 10.0. The lowest BCUT2D eigenvalue weighted by molar-refractivity contribution is 0.0635. The van der Waals surface area contributed by atoms with Crippen LogP contribution in [0.5, 0.6) is 0 Å². The molecule has 1 aromatic rings. The van der Waals surface area contributed by atoms with Crippen LogP contribution in [0.25, 0.3) is 5.57 Å². The minimum absolute atomic E-state index is 0.489. The van der Waals surface area contributed by atoms with Crippen LogP contribution in [0.2, 0.25) is 0 Å². The number of allylic oxidation sites excluding steroid dienone is 2. The number of amides is 1. The predicted molar refractivity (Wildman–Crippen MR) is 82.7 cm³/mol. The minimum Gasteiger partial charge on any atom is -0.444 e. The highest BCUT2D eigenvalue weighted by atomic mass is 16.6. The van der Waals surface area contributed by atoms with Crippen LogP contribution in [-0.4, -0.2) is 16.7 Å². The van der Waals surface area contributed by atoms with Gasteiger partial charge in [0.1, 0.15) is 11.4 Å². The topological polar surface area (TPSA) is 51.2 Å². The van der Waals surface area contributed by atoms with Gasteiger partial charge in [0, 0.05) is 0 Å². The van der Waals surface area contributed by atoms with E-state index in [1.54, 1.807) is 6.07 Å². The Bertz CT molecular complexity index is 509. The molecule has 1 N–H and O–H groups in total. The first kappa shape index (κ1) is 16.2. The standard InChI is InChI=1S/C16H24N2O2/c1-7-12(11(2)3)13-9-8-10-14(17-13)18-15(19)20-16(4,5)6/h8-10H,7H2,1-6H3,(H,17,18,19). The summed E-state index contributed by atoms with van der Waals surface area (Å²) in [5.41, 5.74) is 2.80. The van der Waals surface area contributed by atoms with Gasteiger partial charge in [-0.25, -0.2) is 9.78 Å². The van der Waals surface area contributed by atoms with Crippen molar-refractivity contribution in [2.24, 2.45) is 0 Å². The first-order chi connectivity index (χ1) is 9.23. The van der Waals surface area contributed by atoms with Crippen molar-refractivity contribution in [3.63, 3.8) is 0 Å². The maximum atomic E-state index is 11.7. The largest absolute Gasteiger partial charge is 0.444 e. The average molecular weight is 276 g/mol. The van der Waals surface area contributed by atoms with Crippen LogP contribution in [0.15, 0.2) is 23.8 Å². The number of hydrogen-bond acceptors (Lipinski definition) is 3. The smallest absolute Gasteiger partial charge is 0.413 e. The molecule has 110 valence electrons. The molecule has 1 amide bonds. The van der Waals surface area contributed by atoms with Crippen molar-refractivity contribution >= 4 is 17.5 Å². The van der Waals surface area contributed by atoms with E-state index in [1.165, 1.54) is 11.1 Å². The molecule has 4 heteroatoms. The molecule has 0 unspecified atom stereocenters. The summed E-state index contributed by atoms with van der Waals surface area (Å²) in [5, 5.41) is 2.66. The van der Waals surface area contributed by atoms with Gasteiger partial charge in [-0.05, 0) is 58.7 Å². The van der Waals surface area contributed by atoms with E-state index < -0.39 is 11.7 Å². The summed E-state index contributed by atoms with van der Waals surface area (Å²) < 4.78 is 5.21. The number of aromatic nitrogens is 1. The first-order valence-corrected chi connectivity index (χ1v) is 6.86. The molecule has 0 aliphatic heterocycles. The van der Waals surface area contributed by atoms with E-state index in [4.69, 9.17) is 4.74 Å². The van der Waals surface area contributed by atoms with Crippen molar-refractivity contribution in [1.82, 2.24) is 4.98 Å². The Kier molecular flexibility index (Phi) is 5.31. The molecule has 1 aromatic heterocycles. The van der Waals surface area contributed by atoms with Gasteiger partial charge >= 0.3 is 6.09 Å². The fraction of sp³-hybridized carbons (Fsp3) is 0.500. The highest BCUT2D eigenvalue weighted by Gasteiger charge is 2.16. The molecule has 0 atom stereocenters. The molecular formula is C16H24N2O2. The third kappa shape index (κ3) is 5.03. The van der Waals surface area contributed by atoms with Crippen LogP contribution in [0.3, 0.4) is 0 Å². The van der Waals surface area contributed by atoms with E-state index in [1.807, 2.05) is 32.9 Å². The van der Waals surface area contributed by atoms with Crippen LogP contribution in [0.4, 0.5) is 10.6 Å². The molecule has 0 saturated carbocycles. The molecule has 4 nitrogen and oxygen atoms in total. The number of carbonyl (C=O) groups excluding carboxylic acids is 1. The SMILES string of the molecule is CCC(=C(C)C)c1cccc(NC(=O)OC(C)(C)C)n1. The van der Waals surface area contributed by atoms with Crippen LogP contribution in [-0.2, 0) is 4.74 Å². The fourth-order valence-electron chi connectivity index (χ4n) is 1.87. The van der Waals surface area contributed by atoms with E-state index in [-0.39, 0.29) is 0 Å². The second-order valence-electron chi connectivity index (χ2n) is 5.87. The summed E-state index contributed by atoms with van der Waals surface area (Å²) in [6, 6.07) is 5.59. The Labute approximate surface area is 121 Å². The second kappa shape index (κ2) is 6.55. The van der Waals surface area contributed by atoms with E-state index >= 15 is 0 Å². The number of nitrogens with zero attached hydrogens (tertiary/aromatic N) is 1. The lowest BCUT2D eigenvalue weighted by Gasteiger charge is -2.19. The quantitative estimate of drug-likeness (QED) is 0.875. The Hall–Kier alpha value is -1.84. The monoisotopic (exact) mass is 276 g/mol. The summed E-state index contributed by atoms with van der Waals surface area (Å²) in [4.78, 5) is 16.2. The van der Waals surface area contributed by atoms with Gasteiger partial charge in [-0.15, -0.1) is 0 Å². The normalized spacial score (nSPS) is 10.9. The number of carbonyl (C=O) groups is 1. The molecule has 0 aromatic carbocycles. The summed E-state index contributed by atoms with van der Waals surface area (Å²) in [7, 11) is 0. The molecule has 20 heavy (non-hydrogen) atoms. The Balaban J connectivity index is 2.89. The Morgan fingerprint density at radius 3 is 2.45 bits per heavy atom. The minimum atomic E-state index is -0.518. The van der Waals surface area contributed by atoms with Crippen LogP contribution >= 0.6 is 0 Å². The molecule has 0 fully saturated rings. The zero-order valence-corrected chi connectivity index (χ0v) is 13.2. The third-order valence-electron chi connectivity index (χ3n) is 2.64. The van der Waals surface area contributed by atoms with Gasteiger partial charge in [0.05, 0.1) is 5.69 Å². The number of nitrogens with one attached hydrogen (secondary N) is 1. The average Bonchev–Trinajstić information content (AvgIpc) is 2.26. The highest BCUT2D eigenvalue weighted by Crippen LogP contribution is 2.21. The van der Waals surface area contributed by atoms with Crippen LogP contribution in [0.1, 0.15) is 53.7 Å². The second-order valence-corrected chi connectivity index (χ2v) is 5.87. The van der Waals surface area contributed by atoms with Crippen LogP contribution < -0.4 is 5.32 Å². The first-order valence-electron chi connectivity index (χ1n) is 6.86. The van der Waals surface area contributed by atoms with Crippen molar-refractivity contribution in [1.29, 1.82) is 0 Å². The van der Waals surface area contributed by atoms with E-state index in [0.29, 0.717) is 5.82 Å². The van der Waals surface area contributed by atoms with E-state index in [2.05, 4.69) is 31.1 Å². The maximum absolute atomic E-state index is 11.7. The fourth-order valence-corrected chi connectivity index (χ4v) is 1.87. The summed E-state index contributed by atoms with van der Waals surface area (Å²) >= 11 is 0. The van der Waals surface area contributed by atoms with Crippen LogP contribution in [0, 0.1) is 0 Å². The van der Waals surface area contributed by atoms with Gasteiger partial charge in [0.2, 0.25) is 0 Å². The van der Waals surface area contributed by atoms with Crippen molar-refractivity contribution < 1.29 is 9.53 Å². The maximum Gasteiger partial charge on any atom is 0.413 e. The predicted octanol–water partition coefficient (Wildman–Crippen LogP) is 4.63. The lowest BCUT2D eigenvalue weighted by Crippen LogP contribution is -2.27. The number of rotatable bonds is 3. The van der Waals surface area contributed by atoms with Gasteiger partial charge in [-0.2, -0.15) is 0 Å². The van der Waals surface area contributed by atoms with Crippen molar-refractivity contribution in [3.05, 3.63) is 29.5 Å². The zero-order chi connectivity index (χ0) is 15.3. The molecule has 0 aliphatic carbocycles. The zero-order valence-electron chi connectivity index (χ0n) is 13.2. The van der Waals surface area contributed by atoms with E-state index in [9.17, 15) is 4.79 Å². The molecule has 0 bridgehead atoms. The summed E-state index contributed by atoms with van der Waals surface area (Å²) in [6.45, 7) is 11.7. The third-order valence-corrected chi connectivity index (χ3v) is 2.64.